The first-order valence-corrected chi connectivity index (χ1v) is 9.05. The second kappa shape index (κ2) is 7.04. The fourth-order valence-electron chi connectivity index (χ4n) is 2.83. The molecule has 0 saturated heterocycles. The molecule has 1 N–H and O–H groups in total. The highest BCUT2D eigenvalue weighted by atomic mass is 79.9. The number of halogens is 1. The van der Waals surface area contributed by atoms with E-state index >= 15 is 0 Å². The first-order valence-electron chi connectivity index (χ1n) is 8.26. The van der Waals surface area contributed by atoms with E-state index in [1.54, 1.807) is 0 Å². The molecule has 23 heavy (non-hydrogen) atoms. The summed E-state index contributed by atoms with van der Waals surface area (Å²) in [6, 6.07) is 12.7. The number of para-hydroxylation sites is 1. The van der Waals surface area contributed by atoms with Gasteiger partial charge in [-0.1, -0.05) is 52.0 Å². The second-order valence-electron chi connectivity index (χ2n) is 7.22. The van der Waals surface area contributed by atoms with Gasteiger partial charge in [0.25, 0.3) is 0 Å². The van der Waals surface area contributed by atoms with E-state index in [-0.39, 0.29) is 5.54 Å². The fourth-order valence-corrected chi connectivity index (χ4v) is 3.17. The molecule has 0 radical (unpaired) electrons. The van der Waals surface area contributed by atoms with Gasteiger partial charge in [-0.25, -0.2) is 4.98 Å². The molecule has 0 amide bonds. The lowest BCUT2D eigenvalue weighted by atomic mass is 9.90. The Bertz CT molecular complexity index is 649. The van der Waals surface area contributed by atoms with E-state index in [0.717, 1.165) is 10.3 Å². The zero-order valence-corrected chi connectivity index (χ0v) is 16.5. The lowest BCUT2D eigenvalue weighted by Crippen LogP contribution is -2.30. The average Bonchev–Trinajstić information content (AvgIpc) is 2.46. The van der Waals surface area contributed by atoms with Crippen LogP contribution in [0.25, 0.3) is 0 Å². The van der Waals surface area contributed by atoms with Crippen LogP contribution >= 0.6 is 15.9 Å². The molecule has 2 rings (SSSR count). The van der Waals surface area contributed by atoms with E-state index in [2.05, 4.69) is 92.0 Å². The van der Waals surface area contributed by atoms with Crippen LogP contribution in [0.15, 0.2) is 41.0 Å². The molecule has 0 unspecified atom stereocenters. The highest BCUT2D eigenvalue weighted by molar-refractivity contribution is 9.10. The van der Waals surface area contributed by atoms with Gasteiger partial charge in [0.05, 0.1) is 11.2 Å². The molecule has 0 fully saturated rings. The van der Waals surface area contributed by atoms with Gasteiger partial charge in [0, 0.05) is 5.69 Å². The maximum absolute atomic E-state index is 4.64. The zero-order valence-electron chi connectivity index (χ0n) is 14.9. The Morgan fingerprint density at radius 3 is 1.91 bits per heavy atom. The topological polar surface area (TPSA) is 24.9 Å². The molecule has 0 aliphatic carbocycles. The van der Waals surface area contributed by atoms with Gasteiger partial charge in [0.15, 0.2) is 0 Å². The Balaban J connectivity index is 2.49. The Morgan fingerprint density at radius 2 is 1.43 bits per heavy atom. The van der Waals surface area contributed by atoms with Crippen molar-refractivity contribution in [2.75, 3.05) is 5.32 Å². The molecule has 1 aromatic carbocycles. The van der Waals surface area contributed by atoms with Crippen molar-refractivity contribution in [2.45, 2.75) is 58.9 Å². The molecule has 1 aromatic heterocycles. The van der Waals surface area contributed by atoms with Gasteiger partial charge in [-0.05, 0) is 64.9 Å². The van der Waals surface area contributed by atoms with E-state index in [1.165, 1.54) is 16.8 Å². The Kier molecular flexibility index (Phi) is 5.51. The van der Waals surface area contributed by atoms with Crippen molar-refractivity contribution in [3.8, 4) is 0 Å². The molecule has 124 valence electrons. The largest absolute Gasteiger partial charge is 0.374 e. The van der Waals surface area contributed by atoms with Crippen LogP contribution in [-0.2, 0) is 5.54 Å². The average molecular weight is 375 g/mol. The Labute approximate surface area is 148 Å². The first kappa shape index (κ1) is 18.0. The van der Waals surface area contributed by atoms with Gasteiger partial charge >= 0.3 is 0 Å². The smallest absolute Gasteiger partial charge is 0.106 e. The number of hydrogen-bond acceptors (Lipinski definition) is 2. The molecule has 0 aliphatic heterocycles. The number of hydrogen-bond donors (Lipinski definition) is 1. The van der Waals surface area contributed by atoms with E-state index in [4.69, 9.17) is 0 Å². The summed E-state index contributed by atoms with van der Waals surface area (Å²) in [5.74, 6) is 0.949. The first-order chi connectivity index (χ1) is 10.7. The van der Waals surface area contributed by atoms with Crippen LogP contribution in [0.3, 0.4) is 0 Å². The molecule has 0 saturated carbocycles. The third kappa shape index (κ3) is 4.14. The monoisotopic (exact) mass is 374 g/mol. The summed E-state index contributed by atoms with van der Waals surface area (Å²) in [7, 11) is 0. The molecule has 0 spiro atoms. The van der Waals surface area contributed by atoms with Gasteiger partial charge in [0.2, 0.25) is 0 Å². The predicted molar refractivity (Wildman–Crippen MR) is 103 cm³/mol. The zero-order chi connectivity index (χ0) is 17.2. The summed E-state index contributed by atoms with van der Waals surface area (Å²) >= 11 is 3.48. The molecular weight excluding hydrogens is 348 g/mol. The van der Waals surface area contributed by atoms with Gasteiger partial charge in [0.1, 0.15) is 4.60 Å². The minimum absolute atomic E-state index is 0.252. The summed E-state index contributed by atoms with van der Waals surface area (Å²) in [5, 5.41) is 3.78. The highest BCUT2D eigenvalue weighted by Crippen LogP contribution is 2.36. The molecule has 0 aliphatic rings. The Morgan fingerprint density at radius 1 is 0.913 bits per heavy atom. The maximum Gasteiger partial charge on any atom is 0.106 e. The number of aromatic nitrogens is 1. The molecule has 1 heterocycles. The molecular formula is C20H27BrN2. The molecule has 0 atom stereocenters. The number of pyridine rings is 1. The summed E-state index contributed by atoms with van der Waals surface area (Å²) in [6.45, 7) is 13.3. The van der Waals surface area contributed by atoms with Crippen LogP contribution < -0.4 is 5.32 Å². The van der Waals surface area contributed by atoms with Crippen molar-refractivity contribution in [3.05, 3.63) is 57.8 Å². The lowest BCUT2D eigenvalue weighted by Gasteiger charge is -2.31. The number of nitrogens with zero attached hydrogens (tertiary/aromatic N) is 1. The lowest BCUT2D eigenvalue weighted by molar-refractivity contribution is 0.582. The van der Waals surface area contributed by atoms with Crippen LogP contribution in [0.2, 0.25) is 0 Å². The fraction of sp³-hybridized carbons (Fsp3) is 0.450. The quantitative estimate of drug-likeness (QED) is 0.609. The number of rotatable bonds is 5. The van der Waals surface area contributed by atoms with E-state index in [1.807, 2.05) is 12.1 Å². The number of anilines is 1. The van der Waals surface area contributed by atoms with Gasteiger partial charge in [-0.2, -0.15) is 0 Å². The molecule has 3 heteroatoms. The van der Waals surface area contributed by atoms with Crippen molar-refractivity contribution in [1.29, 1.82) is 0 Å². The number of benzene rings is 1. The van der Waals surface area contributed by atoms with Crippen LogP contribution in [0.1, 0.15) is 70.2 Å². The van der Waals surface area contributed by atoms with Crippen molar-refractivity contribution >= 4 is 21.6 Å². The van der Waals surface area contributed by atoms with Gasteiger partial charge < -0.3 is 5.32 Å². The standard InChI is InChI=1S/C20H27BrN2/c1-13(2)15-9-7-10-16(14(3)4)19(15)23-20(5,6)17-11-8-12-18(21)22-17/h7-14,23H,1-6H3. The van der Waals surface area contributed by atoms with Crippen LogP contribution in [0.5, 0.6) is 0 Å². The third-order valence-electron chi connectivity index (χ3n) is 4.17. The molecule has 2 aromatic rings. The highest BCUT2D eigenvalue weighted by Gasteiger charge is 2.25. The maximum atomic E-state index is 4.64. The second-order valence-corrected chi connectivity index (χ2v) is 8.03. The normalized spacial score (nSPS) is 12.0. The predicted octanol–water partition coefficient (Wildman–Crippen LogP) is 6.44. The van der Waals surface area contributed by atoms with Crippen molar-refractivity contribution in [3.63, 3.8) is 0 Å². The third-order valence-corrected chi connectivity index (χ3v) is 4.61. The van der Waals surface area contributed by atoms with E-state index in [0.29, 0.717) is 11.8 Å². The van der Waals surface area contributed by atoms with Crippen LogP contribution in [0, 0.1) is 0 Å². The minimum Gasteiger partial charge on any atom is -0.374 e. The summed E-state index contributed by atoms with van der Waals surface area (Å²) in [5.41, 5.74) is 4.75. The minimum atomic E-state index is -0.252. The SMILES string of the molecule is CC(C)c1cccc(C(C)C)c1NC(C)(C)c1cccc(Br)n1. The molecule has 2 nitrogen and oxygen atoms in total. The summed E-state index contributed by atoms with van der Waals surface area (Å²) in [4.78, 5) is 4.64. The van der Waals surface area contributed by atoms with Gasteiger partial charge in [-0.15, -0.1) is 0 Å². The van der Waals surface area contributed by atoms with Crippen LogP contribution in [-0.4, -0.2) is 4.98 Å². The van der Waals surface area contributed by atoms with Crippen molar-refractivity contribution in [2.24, 2.45) is 0 Å². The van der Waals surface area contributed by atoms with E-state index < -0.39 is 0 Å². The number of nitrogens with one attached hydrogen (secondary N) is 1. The van der Waals surface area contributed by atoms with E-state index in [9.17, 15) is 0 Å². The summed E-state index contributed by atoms with van der Waals surface area (Å²) < 4.78 is 0.867. The molecule has 0 bridgehead atoms. The van der Waals surface area contributed by atoms with Crippen molar-refractivity contribution in [1.82, 2.24) is 4.98 Å². The summed E-state index contributed by atoms with van der Waals surface area (Å²) in [6.07, 6.45) is 0. The van der Waals surface area contributed by atoms with Crippen LogP contribution in [0.4, 0.5) is 5.69 Å². The van der Waals surface area contributed by atoms with Crippen molar-refractivity contribution < 1.29 is 0 Å². The Hall–Kier alpha value is -1.35. The van der Waals surface area contributed by atoms with Gasteiger partial charge in [-0.3, -0.25) is 0 Å².